The molecule has 4 aromatic rings. The SMILES string of the molecule is COc1ccc(Oc2ccc(/C=C3/CCn4c3nc3cc(C(=O)O)ccc3c4=O)cc2[N+](=O)[O-])cc1. The predicted octanol–water partition coefficient (Wildman–Crippen LogP) is 4.75. The van der Waals surface area contributed by atoms with Gasteiger partial charge in [-0.05, 0) is 72.2 Å². The number of allylic oxidation sites excluding steroid dienone is 1. The number of carboxylic acids is 1. The largest absolute Gasteiger partial charge is 0.497 e. The zero-order valence-electron chi connectivity index (χ0n) is 19.0. The van der Waals surface area contributed by atoms with Crippen molar-refractivity contribution >= 4 is 34.2 Å². The first kappa shape index (κ1) is 22.8. The lowest BCUT2D eigenvalue weighted by Crippen LogP contribution is -2.21. The smallest absolute Gasteiger partial charge is 0.335 e. The number of aromatic nitrogens is 2. The van der Waals surface area contributed by atoms with Crippen molar-refractivity contribution in [2.45, 2.75) is 13.0 Å². The molecule has 0 saturated carbocycles. The lowest BCUT2D eigenvalue weighted by molar-refractivity contribution is -0.385. The molecule has 1 aliphatic heterocycles. The third-order valence-corrected chi connectivity index (χ3v) is 5.90. The molecule has 0 saturated heterocycles. The molecule has 0 unspecified atom stereocenters. The van der Waals surface area contributed by atoms with E-state index in [1.165, 1.54) is 34.9 Å². The van der Waals surface area contributed by atoms with Gasteiger partial charge < -0.3 is 14.6 Å². The number of benzene rings is 3. The fourth-order valence-electron chi connectivity index (χ4n) is 4.11. The highest BCUT2D eigenvalue weighted by Gasteiger charge is 2.23. The van der Waals surface area contributed by atoms with Gasteiger partial charge in [0.15, 0.2) is 0 Å². The molecule has 0 spiro atoms. The van der Waals surface area contributed by atoms with Crippen LogP contribution < -0.4 is 15.0 Å². The van der Waals surface area contributed by atoms with Gasteiger partial charge in [-0.15, -0.1) is 0 Å². The van der Waals surface area contributed by atoms with E-state index in [0.717, 1.165) is 0 Å². The number of nitrogens with zero attached hydrogens (tertiary/aromatic N) is 3. The quantitative estimate of drug-likeness (QED) is 0.306. The molecule has 5 rings (SSSR count). The molecule has 0 atom stereocenters. The summed E-state index contributed by atoms with van der Waals surface area (Å²) >= 11 is 0. The van der Waals surface area contributed by atoms with Crippen LogP contribution in [0.25, 0.3) is 22.6 Å². The average Bonchev–Trinajstić information content (AvgIpc) is 3.27. The number of hydrogen-bond acceptors (Lipinski definition) is 7. The van der Waals surface area contributed by atoms with Gasteiger partial charge in [0.1, 0.15) is 17.3 Å². The number of nitro groups is 1. The van der Waals surface area contributed by atoms with Crippen LogP contribution in [0.5, 0.6) is 17.2 Å². The Morgan fingerprint density at radius 3 is 2.56 bits per heavy atom. The Hall–Kier alpha value is -4.99. The summed E-state index contributed by atoms with van der Waals surface area (Å²) in [5.74, 6) is 0.442. The number of rotatable bonds is 6. The van der Waals surface area contributed by atoms with E-state index in [1.54, 1.807) is 43.5 Å². The molecule has 10 nitrogen and oxygen atoms in total. The van der Waals surface area contributed by atoms with Crippen LogP contribution in [0.2, 0.25) is 0 Å². The Balaban J connectivity index is 1.52. The van der Waals surface area contributed by atoms with E-state index in [0.29, 0.717) is 46.8 Å². The molecule has 0 amide bonds. The van der Waals surface area contributed by atoms with Crippen molar-refractivity contribution in [1.29, 1.82) is 0 Å². The van der Waals surface area contributed by atoms with Gasteiger partial charge in [-0.3, -0.25) is 19.5 Å². The highest BCUT2D eigenvalue weighted by Crippen LogP contribution is 2.35. The van der Waals surface area contributed by atoms with E-state index >= 15 is 0 Å². The molecule has 2 heterocycles. The monoisotopic (exact) mass is 485 g/mol. The van der Waals surface area contributed by atoms with E-state index in [1.807, 2.05) is 0 Å². The van der Waals surface area contributed by atoms with E-state index in [4.69, 9.17) is 9.47 Å². The van der Waals surface area contributed by atoms with Crippen LogP contribution in [-0.2, 0) is 6.54 Å². The van der Waals surface area contributed by atoms with E-state index in [-0.39, 0.29) is 28.1 Å². The highest BCUT2D eigenvalue weighted by atomic mass is 16.6. The molecule has 1 aliphatic rings. The van der Waals surface area contributed by atoms with Crippen LogP contribution in [0.1, 0.15) is 28.2 Å². The minimum absolute atomic E-state index is 0.0333. The first-order chi connectivity index (χ1) is 17.3. The van der Waals surface area contributed by atoms with Crippen molar-refractivity contribution in [2.24, 2.45) is 0 Å². The number of fused-ring (bicyclic) bond motifs is 2. The van der Waals surface area contributed by atoms with Gasteiger partial charge >= 0.3 is 11.7 Å². The second-order valence-electron chi connectivity index (χ2n) is 8.11. The number of methoxy groups -OCH3 is 1. The van der Waals surface area contributed by atoms with Crippen molar-refractivity contribution in [1.82, 2.24) is 9.55 Å². The molecular formula is C26H19N3O7. The maximum absolute atomic E-state index is 12.9. The van der Waals surface area contributed by atoms with Crippen molar-refractivity contribution in [2.75, 3.05) is 7.11 Å². The fraction of sp³-hybridized carbons (Fsp3) is 0.115. The lowest BCUT2D eigenvalue weighted by Gasteiger charge is -2.08. The highest BCUT2D eigenvalue weighted by molar-refractivity contribution is 5.93. The lowest BCUT2D eigenvalue weighted by atomic mass is 10.1. The number of hydrogen-bond donors (Lipinski definition) is 1. The Labute approximate surface area is 203 Å². The van der Waals surface area contributed by atoms with E-state index in [2.05, 4.69) is 4.98 Å². The van der Waals surface area contributed by atoms with Crippen molar-refractivity contribution in [3.8, 4) is 17.2 Å². The zero-order valence-corrected chi connectivity index (χ0v) is 19.0. The summed E-state index contributed by atoms with van der Waals surface area (Å²) in [6.45, 7) is 0.407. The third-order valence-electron chi connectivity index (χ3n) is 5.90. The molecular weight excluding hydrogens is 466 g/mol. The van der Waals surface area contributed by atoms with Gasteiger partial charge in [-0.1, -0.05) is 6.07 Å². The van der Waals surface area contributed by atoms with Crippen LogP contribution in [0.3, 0.4) is 0 Å². The molecule has 36 heavy (non-hydrogen) atoms. The molecule has 1 aromatic heterocycles. The van der Waals surface area contributed by atoms with Gasteiger partial charge in [-0.2, -0.15) is 0 Å². The van der Waals surface area contributed by atoms with E-state index in [9.17, 15) is 24.8 Å². The number of ether oxygens (including phenoxy) is 2. The molecule has 10 heteroatoms. The Morgan fingerprint density at radius 2 is 1.86 bits per heavy atom. The minimum atomic E-state index is -1.11. The standard InChI is InChI=1S/C26H19N3O7/c1-35-18-4-6-19(7-5-18)36-23-9-2-15(13-22(23)29(33)34)12-16-10-11-28-24(16)27-21-14-17(26(31)32)3-8-20(21)25(28)30/h2-9,12-14H,10-11H2,1H3,(H,31,32)/b16-12-. The molecule has 180 valence electrons. The molecule has 0 aliphatic carbocycles. The van der Waals surface area contributed by atoms with Crippen molar-refractivity contribution in [3.63, 3.8) is 0 Å². The molecule has 0 bridgehead atoms. The van der Waals surface area contributed by atoms with Crippen LogP contribution in [0, 0.1) is 10.1 Å². The average molecular weight is 485 g/mol. The molecule has 3 aromatic carbocycles. The van der Waals surface area contributed by atoms with Crippen LogP contribution in [0.4, 0.5) is 5.69 Å². The van der Waals surface area contributed by atoms with Gasteiger partial charge in [0, 0.05) is 12.6 Å². The van der Waals surface area contributed by atoms with Gasteiger partial charge in [-0.25, -0.2) is 9.78 Å². The summed E-state index contributed by atoms with van der Waals surface area (Å²) in [4.78, 5) is 40.1. The zero-order chi connectivity index (χ0) is 25.4. The minimum Gasteiger partial charge on any atom is -0.497 e. The Kier molecular flexibility index (Phi) is 5.69. The second-order valence-corrected chi connectivity index (χ2v) is 8.11. The Morgan fingerprint density at radius 1 is 1.11 bits per heavy atom. The van der Waals surface area contributed by atoms with Crippen LogP contribution in [-0.4, -0.2) is 32.7 Å². The summed E-state index contributed by atoms with van der Waals surface area (Å²) < 4.78 is 12.4. The number of aromatic carboxylic acids is 1. The first-order valence-electron chi connectivity index (χ1n) is 10.9. The summed E-state index contributed by atoms with van der Waals surface area (Å²) in [5.41, 5.74) is 1.10. The molecule has 1 N–H and O–H groups in total. The van der Waals surface area contributed by atoms with Crippen LogP contribution >= 0.6 is 0 Å². The summed E-state index contributed by atoms with van der Waals surface area (Å²) in [7, 11) is 1.54. The normalized spacial score (nSPS) is 13.5. The van der Waals surface area contributed by atoms with E-state index < -0.39 is 10.9 Å². The van der Waals surface area contributed by atoms with Gasteiger partial charge in [0.25, 0.3) is 5.56 Å². The predicted molar refractivity (Wildman–Crippen MR) is 132 cm³/mol. The molecule has 0 fully saturated rings. The van der Waals surface area contributed by atoms with Gasteiger partial charge in [0.05, 0.1) is 28.5 Å². The summed E-state index contributed by atoms with van der Waals surface area (Å²) in [6, 6.07) is 15.5. The van der Waals surface area contributed by atoms with Crippen LogP contribution in [0.15, 0.2) is 65.5 Å². The molecule has 0 radical (unpaired) electrons. The number of carbonyl (C=O) groups is 1. The number of nitro benzene ring substituents is 1. The van der Waals surface area contributed by atoms with Gasteiger partial charge in [0.2, 0.25) is 5.75 Å². The fourth-order valence-corrected chi connectivity index (χ4v) is 4.11. The maximum Gasteiger partial charge on any atom is 0.335 e. The van der Waals surface area contributed by atoms with Crippen molar-refractivity contribution < 1.29 is 24.3 Å². The third kappa shape index (κ3) is 4.16. The second kappa shape index (κ2) is 8.99. The van der Waals surface area contributed by atoms with Crippen molar-refractivity contribution in [3.05, 3.63) is 98.1 Å². The maximum atomic E-state index is 12.9. The number of carboxylic acid groups (broad SMARTS) is 1. The first-order valence-corrected chi connectivity index (χ1v) is 10.9. The summed E-state index contributed by atoms with van der Waals surface area (Å²) in [6.07, 6.45) is 2.24. The topological polar surface area (TPSA) is 134 Å². The Bertz CT molecular complexity index is 1620. The summed E-state index contributed by atoms with van der Waals surface area (Å²) in [5, 5.41) is 21.4.